The Morgan fingerprint density at radius 3 is 2.04 bits per heavy atom. The van der Waals surface area contributed by atoms with Crippen LogP contribution in [0.1, 0.15) is 62.8 Å². The van der Waals surface area contributed by atoms with Gasteiger partial charge in [-0.25, -0.2) is 4.98 Å². The van der Waals surface area contributed by atoms with E-state index < -0.39 is 10.0 Å². The van der Waals surface area contributed by atoms with Crippen LogP contribution in [0.25, 0.3) is 16.7 Å². The molecular weight excluding hydrogens is 657 g/mol. The number of aromatic amines is 1. The maximum atomic E-state index is 13.1. The number of nitrogens with zero attached hydrogens (tertiary/aromatic N) is 5. The van der Waals surface area contributed by atoms with E-state index >= 15 is 0 Å². The van der Waals surface area contributed by atoms with Gasteiger partial charge in [-0.1, -0.05) is 70.2 Å². The second kappa shape index (κ2) is 14.7. The van der Waals surface area contributed by atoms with E-state index in [0.29, 0.717) is 53.5 Å². The number of nitrogens with one attached hydrogen (secondary N) is 2. The van der Waals surface area contributed by atoms with E-state index in [4.69, 9.17) is 10.5 Å². The molecule has 0 radical (unpaired) electrons. The zero-order valence-electron chi connectivity index (χ0n) is 30.9. The highest BCUT2D eigenvalue weighted by Gasteiger charge is 2.43. The highest BCUT2D eigenvalue weighted by atomic mass is 32.3. The van der Waals surface area contributed by atoms with E-state index in [1.165, 1.54) is 44.2 Å². The van der Waals surface area contributed by atoms with Crippen LogP contribution in [0.3, 0.4) is 0 Å². The highest BCUT2D eigenvalue weighted by molar-refractivity contribution is 8.34. The fourth-order valence-electron chi connectivity index (χ4n) is 7.09. The number of rotatable bonds is 12. The minimum Gasteiger partial charge on any atom is -0.471 e. The Kier molecular flexibility index (Phi) is 10.3. The Hall–Kier alpha value is -5.03. The summed E-state index contributed by atoms with van der Waals surface area (Å²) in [5, 5.41) is 4.01. The number of ether oxygens (including phenoxy) is 1. The molecule has 3 heterocycles. The van der Waals surface area contributed by atoms with Gasteiger partial charge in [0.15, 0.2) is 11.2 Å². The van der Waals surface area contributed by atoms with Gasteiger partial charge in [0, 0.05) is 62.3 Å². The summed E-state index contributed by atoms with van der Waals surface area (Å²) in [6.45, 7) is 10.3. The van der Waals surface area contributed by atoms with Gasteiger partial charge in [-0.15, -0.1) is 0 Å². The molecule has 1 amide bonds. The number of fused-ring (bicyclic) bond motifs is 3. The molecule has 2 aromatic heterocycles. The van der Waals surface area contributed by atoms with Gasteiger partial charge in [0.1, 0.15) is 6.61 Å². The van der Waals surface area contributed by atoms with Crippen LogP contribution in [0, 0.1) is 0 Å². The number of nitrogen functional groups attached to an aromatic ring is 1. The Labute approximate surface area is 302 Å². The molecule has 51 heavy (non-hydrogen) atoms. The molecule has 10 nitrogen and oxygen atoms in total. The zero-order chi connectivity index (χ0) is 36.4. The maximum Gasteiger partial charge on any atom is 0.247 e. The first-order chi connectivity index (χ1) is 24.4. The van der Waals surface area contributed by atoms with Gasteiger partial charge in [-0.05, 0) is 69.0 Å². The van der Waals surface area contributed by atoms with Crippen LogP contribution in [-0.2, 0) is 17.9 Å². The van der Waals surface area contributed by atoms with Crippen molar-refractivity contribution >= 4 is 50.0 Å². The number of H-pyrrole nitrogens is 1. The normalized spacial score (nSPS) is 13.9. The van der Waals surface area contributed by atoms with E-state index in [1.54, 1.807) is 0 Å². The summed E-state index contributed by atoms with van der Waals surface area (Å²) in [7, 11) is 7.04. The molecule has 4 N–H and O–H groups in total. The lowest BCUT2D eigenvalue weighted by Crippen LogP contribution is -2.27. The third kappa shape index (κ3) is 6.99. The summed E-state index contributed by atoms with van der Waals surface area (Å²) in [5.41, 5.74) is 15.1. The van der Waals surface area contributed by atoms with Gasteiger partial charge in [-0.2, -0.15) is 20.0 Å². The lowest BCUT2D eigenvalue weighted by Gasteiger charge is -2.53. The first kappa shape index (κ1) is 35.8. The predicted octanol–water partition coefficient (Wildman–Crippen LogP) is 7.53. The second-order valence-electron chi connectivity index (χ2n) is 14.0. The molecule has 0 bridgehead atoms. The molecule has 11 heteroatoms. The van der Waals surface area contributed by atoms with Crippen molar-refractivity contribution in [2.75, 3.05) is 43.7 Å². The number of amides is 1. The van der Waals surface area contributed by atoms with Crippen LogP contribution in [0.4, 0.5) is 17.3 Å². The monoisotopic (exact) mass is 706 g/mol. The molecule has 3 aromatic carbocycles. The Morgan fingerprint density at radius 1 is 0.882 bits per heavy atom. The Bertz CT molecular complexity index is 2000. The number of benzene rings is 3. The topological polar surface area (TPSA) is 125 Å². The largest absolute Gasteiger partial charge is 0.471 e. The second-order valence-corrected chi connectivity index (χ2v) is 18.2. The predicted molar refractivity (Wildman–Crippen MR) is 211 cm³/mol. The van der Waals surface area contributed by atoms with Crippen molar-refractivity contribution in [2.24, 2.45) is 0 Å². The van der Waals surface area contributed by atoms with Gasteiger partial charge < -0.3 is 30.6 Å². The standard InChI is InChI=1S/C40H50N8O2S/c1-25(2)51(26(3)4)34-20-29(47(5)6)16-18-32(34)31(33-19-17-30(48(7)8)21-35(33)51)10-9-11-36(49)42-22-27-12-14-28(15-13-27)23-50-39-37-38(44-24-43-37)45-40(41)46-39/h10,12-21,24-26H,9,11,22-23H2,1-8H3,(H,42,49)(H3,41,43,44,45,46). The van der Waals surface area contributed by atoms with Crippen molar-refractivity contribution in [1.82, 2.24) is 25.3 Å². The van der Waals surface area contributed by atoms with Crippen LogP contribution < -0.4 is 25.6 Å². The fraction of sp³-hybridized carbons (Fsp3) is 0.350. The lowest BCUT2D eigenvalue weighted by molar-refractivity contribution is -0.121. The smallest absolute Gasteiger partial charge is 0.247 e. The van der Waals surface area contributed by atoms with Crippen LogP contribution in [0.5, 0.6) is 5.88 Å². The number of allylic oxidation sites excluding steroid dienone is 1. The first-order valence-electron chi connectivity index (χ1n) is 17.5. The number of aromatic nitrogens is 4. The summed E-state index contributed by atoms with van der Waals surface area (Å²) >= 11 is 0. The van der Waals surface area contributed by atoms with E-state index in [9.17, 15) is 4.79 Å². The number of nitrogens with two attached hydrogens (primary N) is 1. The molecule has 5 aromatic rings. The number of carbonyl (C=O) groups is 1. The molecule has 0 unspecified atom stereocenters. The van der Waals surface area contributed by atoms with Gasteiger partial charge in [0.05, 0.1) is 6.33 Å². The lowest BCUT2D eigenvalue weighted by atomic mass is 9.95. The molecular formula is C40H50N8O2S. The van der Waals surface area contributed by atoms with Crippen LogP contribution in [0.15, 0.2) is 82.9 Å². The summed E-state index contributed by atoms with van der Waals surface area (Å²) < 4.78 is 5.90. The molecule has 0 saturated carbocycles. The van der Waals surface area contributed by atoms with Crippen molar-refractivity contribution in [1.29, 1.82) is 0 Å². The molecule has 0 fully saturated rings. The minimum atomic E-state index is -1.40. The fourth-order valence-corrected chi connectivity index (χ4v) is 12.2. The Balaban J connectivity index is 1.17. The molecule has 0 spiro atoms. The van der Waals surface area contributed by atoms with Crippen LogP contribution >= 0.6 is 10.0 Å². The van der Waals surface area contributed by atoms with Crippen molar-refractivity contribution < 1.29 is 9.53 Å². The highest BCUT2D eigenvalue weighted by Crippen LogP contribution is 2.74. The van der Waals surface area contributed by atoms with Gasteiger partial charge in [0.25, 0.3) is 0 Å². The zero-order valence-corrected chi connectivity index (χ0v) is 31.8. The average molecular weight is 707 g/mol. The van der Waals surface area contributed by atoms with E-state index in [2.05, 4.69) is 133 Å². The van der Waals surface area contributed by atoms with Gasteiger partial charge in [0.2, 0.25) is 17.7 Å². The number of imidazole rings is 1. The summed E-state index contributed by atoms with van der Waals surface area (Å²) in [5.74, 6) is 0.479. The van der Waals surface area contributed by atoms with Gasteiger partial charge >= 0.3 is 0 Å². The van der Waals surface area contributed by atoms with Crippen LogP contribution in [-0.4, -0.2) is 64.5 Å². The number of hydrogen-bond acceptors (Lipinski definition) is 8. The van der Waals surface area contributed by atoms with Crippen molar-refractivity contribution in [2.45, 2.75) is 74.0 Å². The maximum absolute atomic E-state index is 13.1. The van der Waals surface area contributed by atoms with Crippen molar-refractivity contribution in [3.63, 3.8) is 0 Å². The molecule has 1 aliphatic rings. The van der Waals surface area contributed by atoms with E-state index in [-0.39, 0.29) is 11.9 Å². The molecule has 268 valence electrons. The van der Waals surface area contributed by atoms with E-state index in [1.807, 2.05) is 24.3 Å². The van der Waals surface area contributed by atoms with Gasteiger partial charge in [-0.3, -0.25) is 4.79 Å². The number of anilines is 3. The molecule has 1 aliphatic heterocycles. The van der Waals surface area contributed by atoms with Crippen LogP contribution in [0.2, 0.25) is 0 Å². The summed E-state index contributed by atoms with van der Waals surface area (Å²) in [4.78, 5) is 35.8. The first-order valence-corrected chi connectivity index (χ1v) is 19.2. The van der Waals surface area contributed by atoms with Crippen molar-refractivity contribution in [3.05, 3.63) is 95.3 Å². The van der Waals surface area contributed by atoms with Crippen molar-refractivity contribution in [3.8, 4) is 5.88 Å². The molecule has 6 rings (SSSR count). The summed E-state index contributed by atoms with van der Waals surface area (Å²) in [6, 6.07) is 21.9. The molecule has 0 atom stereocenters. The molecule has 0 aliphatic carbocycles. The van der Waals surface area contributed by atoms with E-state index in [0.717, 1.165) is 11.1 Å². The summed E-state index contributed by atoms with van der Waals surface area (Å²) in [6.07, 6.45) is 4.86. The number of carbonyl (C=O) groups excluding carboxylic acids is 1. The third-order valence-corrected chi connectivity index (χ3v) is 14.7. The quantitative estimate of drug-likeness (QED) is 0.122. The minimum absolute atomic E-state index is 0.0233. The number of hydrogen-bond donors (Lipinski definition) is 3. The Morgan fingerprint density at radius 2 is 1.47 bits per heavy atom. The third-order valence-electron chi connectivity index (χ3n) is 9.63. The molecule has 0 saturated heterocycles. The average Bonchev–Trinajstić information content (AvgIpc) is 3.57. The SMILES string of the molecule is CC(C)S1(C(C)C)c2cc(N(C)C)ccc2C(=CCCC(=O)NCc2ccc(COc3nc(N)nc4[nH]cnc34)cc2)c2ccc(N(C)C)cc21.